The molecule has 0 aromatic heterocycles. The van der Waals surface area contributed by atoms with Gasteiger partial charge in [-0.15, -0.1) is 0 Å². The van der Waals surface area contributed by atoms with Crippen molar-refractivity contribution in [1.29, 1.82) is 0 Å². The Morgan fingerprint density at radius 3 is 2.21 bits per heavy atom. The summed E-state index contributed by atoms with van der Waals surface area (Å²) in [6.07, 6.45) is 13.8. The van der Waals surface area contributed by atoms with Gasteiger partial charge in [-0.3, -0.25) is 0 Å². The second kappa shape index (κ2) is 7.64. The molecular formula is C17H33NO. The van der Waals surface area contributed by atoms with Crippen molar-refractivity contribution < 1.29 is 4.74 Å². The molecule has 19 heavy (non-hydrogen) atoms. The zero-order valence-electron chi connectivity index (χ0n) is 13.0. The molecule has 0 spiro atoms. The van der Waals surface area contributed by atoms with E-state index >= 15 is 0 Å². The lowest BCUT2D eigenvalue weighted by Crippen LogP contribution is -2.57. The Labute approximate surface area is 119 Å². The van der Waals surface area contributed by atoms with Crippen LogP contribution < -0.4 is 5.32 Å². The fraction of sp³-hybridized carbons (Fsp3) is 1.00. The lowest BCUT2D eigenvalue weighted by Gasteiger charge is -2.47. The second-order valence-corrected chi connectivity index (χ2v) is 6.49. The van der Waals surface area contributed by atoms with Gasteiger partial charge in [-0.25, -0.2) is 0 Å². The second-order valence-electron chi connectivity index (χ2n) is 6.49. The number of rotatable bonds is 6. The van der Waals surface area contributed by atoms with Crippen LogP contribution in [0.4, 0.5) is 0 Å². The van der Waals surface area contributed by atoms with Gasteiger partial charge in [0.15, 0.2) is 0 Å². The van der Waals surface area contributed by atoms with Gasteiger partial charge < -0.3 is 10.1 Å². The topological polar surface area (TPSA) is 21.3 Å². The zero-order chi connectivity index (χ0) is 13.6. The highest BCUT2D eigenvalue weighted by atomic mass is 16.5. The van der Waals surface area contributed by atoms with Crippen LogP contribution in [0.2, 0.25) is 0 Å². The van der Waals surface area contributed by atoms with Crippen LogP contribution >= 0.6 is 0 Å². The third kappa shape index (κ3) is 3.72. The first-order valence-corrected chi connectivity index (χ1v) is 8.69. The predicted molar refractivity (Wildman–Crippen MR) is 81.5 cm³/mol. The summed E-state index contributed by atoms with van der Waals surface area (Å²) in [5, 5.41) is 3.82. The minimum absolute atomic E-state index is 0.144. The van der Waals surface area contributed by atoms with Gasteiger partial charge in [-0.05, 0) is 45.1 Å². The molecule has 0 bridgehead atoms. The van der Waals surface area contributed by atoms with Crippen LogP contribution in [0.1, 0.15) is 78.1 Å². The van der Waals surface area contributed by atoms with Crippen molar-refractivity contribution in [1.82, 2.24) is 5.32 Å². The monoisotopic (exact) mass is 267 g/mol. The number of likely N-dealkylation sites (N-methyl/N-ethyl adjacent to an activating group) is 1. The first-order chi connectivity index (χ1) is 9.32. The van der Waals surface area contributed by atoms with Gasteiger partial charge in [0.1, 0.15) is 0 Å². The molecule has 0 amide bonds. The van der Waals surface area contributed by atoms with E-state index in [2.05, 4.69) is 19.2 Å². The molecule has 0 radical (unpaired) electrons. The highest BCUT2D eigenvalue weighted by Crippen LogP contribution is 2.40. The molecule has 2 rings (SSSR count). The molecule has 0 saturated heterocycles. The van der Waals surface area contributed by atoms with Crippen LogP contribution in [0, 0.1) is 5.92 Å². The summed E-state index contributed by atoms with van der Waals surface area (Å²) in [4.78, 5) is 0. The SMILES string of the molecule is CCNC(C1CCCCC1)C1(OCC)CCCCC1. The fourth-order valence-electron chi connectivity index (χ4n) is 4.45. The van der Waals surface area contributed by atoms with Gasteiger partial charge in [0.2, 0.25) is 0 Å². The summed E-state index contributed by atoms with van der Waals surface area (Å²) in [5.41, 5.74) is 0.144. The van der Waals surface area contributed by atoms with Crippen molar-refractivity contribution in [2.45, 2.75) is 89.7 Å². The van der Waals surface area contributed by atoms with Crippen LogP contribution in [-0.4, -0.2) is 24.8 Å². The fourth-order valence-corrected chi connectivity index (χ4v) is 4.45. The standard InChI is InChI=1S/C17H33NO/c1-3-18-16(15-11-7-5-8-12-15)17(19-4-2)13-9-6-10-14-17/h15-16,18H,3-14H2,1-2H3. The molecule has 0 aromatic rings. The summed E-state index contributed by atoms with van der Waals surface area (Å²) < 4.78 is 6.38. The number of ether oxygens (including phenoxy) is 1. The van der Waals surface area contributed by atoms with Crippen molar-refractivity contribution in [3.63, 3.8) is 0 Å². The number of nitrogens with one attached hydrogen (secondary N) is 1. The average molecular weight is 267 g/mol. The molecule has 0 heterocycles. The van der Waals surface area contributed by atoms with E-state index in [4.69, 9.17) is 4.74 Å². The molecular weight excluding hydrogens is 234 g/mol. The third-order valence-corrected chi connectivity index (χ3v) is 5.24. The molecule has 112 valence electrons. The van der Waals surface area contributed by atoms with Gasteiger partial charge >= 0.3 is 0 Å². The lowest BCUT2D eigenvalue weighted by atomic mass is 9.70. The van der Waals surface area contributed by atoms with Crippen molar-refractivity contribution >= 4 is 0 Å². The third-order valence-electron chi connectivity index (χ3n) is 5.24. The first-order valence-electron chi connectivity index (χ1n) is 8.69. The van der Waals surface area contributed by atoms with Gasteiger partial charge in [-0.2, -0.15) is 0 Å². The Bertz CT molecular complexity index is 236. The molecule has 2 aliphatic carbocycles. The normalized spacial score (nSPS) is 26.2. The van der Waals surface area contributed by atoms with E-state index in [0.717, 1.165) is 19.1 Å². The Hall–Kier alpha value is -0.0800. The van der Waals surface area contributed by atoms with Crippen LogP contribution in [-0.2, 0) is 4.74 Å². The number of hydrogen-bond donors (Lipinski definition) is 1. The van der Waals surface area contributed by atoms with E-state index in [0.29, 0.717) is 6.04 Å². The molecule has 1 unspecified atom stereocenters. The van der Waals surface area contributed by atoms with E-state index in [1.165, 1.54) is 64.2 Å². The Morgan fingerprint density at radius 1 is 1.00 bits per heavy atom. The molecule has 2 heteroatoms. The van der Waals surface area contributed by atoms with Crippen LogP contribution in [0.25, 0.3) is 0 Å². The van der Waals surface area contributed by atoms with Crippen molar-refractivity contribution in [2.24, 2.45) is 5.92 Å². The van der Waals surface area contributed by atoms with Gasteiger partial charge in [-0.1, -0.05) is 45.4 Å². The van der Waals surface area contributed by atoms with E-state index in [-0.39, 0.29) is 5.60 Å². The Kier molecular flexibility index (Phi) is 6.15. The quantitative estimate of drug-likeness (QED) is 0.775. The van der Waals surface area contributed by atoms with Crippen molar-refractivity contribution in [3.8, 4) is 0 Å². The van der Waals surface area contributed by atoms with E-state index in [9.17, 15) is 0 Å². The van der Waals surface area contributed by atoms with Crippen LogP contribution in [0.15, 0.2) is 0 Å². The Morgan fingerprint density at radius 2 is 1.63 bits per heavy atom. The molecule has 0 aromatic carbocycles. The van der Waals surface area contributed by atoms with Crippen LogP contribution in [0.3, 0.4) is 0 Å². The molecule has 0 aliphatic heterocycles. The van der Waals surface area contributed by atoms with Crippen LogP contribution in [0.5, 0.6) is 0 Å². The highest BCUT2D eigenvalue weighted by Gasteiger charge is 2.43. The maximum Gasteiger partial charge on any atom is 0.0837 e. The maximum atomic E-state index is 6.38. The van der Waals surface area contributed by atoms with E-state index < -0.39 is 0 Å². The van der Waals surface area contributed by atoms with Crippen molar-refractivity contribution in [3.05, 3.63) is 0 Å². The average Bonchev–Trinajstić information content (AvgIpc) is 2.47. The summed E-state index contributed by atoms with van der Waals surface area (Å²) in [6, 6.07) is 0.595. The minimum Gasteiger partial charge on any atom is -0.374 e. The van der Waals surface area contributed by atoms with E-state index in [1.807, 2.05) is 0 Å². The Balaban J connectivity index is 2.12. The highest BCUT2D eigenvalue weighted by molar-refractivity contribution is 4.99. The summed E-state index contributed by atoms with van der Waals surface area (Å²) in [7, 11) is 0. The first kappa shape index (κ1) is 15.3. The molecule has 2 saturated carbocycles. The van der Waals surface area contributed by atoms with E-state index in [1.54, 1.807) is 0 Å². The summed E-state index contributed by atoms with van der Waals surface area (Å²) >= 11 is 0. The summed E-state index contributed by atoms with van der Waals surface area (Å²) in [6.45, 7) is 6.36. The molecule has 2 aliphatic rings. The number of hydrogen-bond acceptors (Lipinski definition) is 2. The molecule has 2 fully saturated rings. The van der Waals surface area contributed by atoms with Crippen molar-refractivity contribution in [2.75, 3.05) is 13.2 Å². The smallest absolute Gasteiger partial charge is 0.0837 e. The summed E-state index contributed by atoms with van der Waals surface area (Å²) in [5.74, 6) is 0.846. The molecule has 2 nitrogen and oxygen atoms in total. The van der Waals surface area contributed by atoms with Gasteiger partial charge in [0.25, 0.3) is 0 Å². The van der Waals surface area contributed by atoms with Gasteiger partial charge in [0, 0.05) is 12.6 Å². The lowest BCUT2D eigenvalue weighted by molar-refractivity contribution is -0.105. The molecule has 1 atom stereocenters. The minimum atomic E-state index is 0.144. The largest absolute Gasteiger partial charge is 0.374 e. The molecule has 1 N–H and O–H groups in total. The maximum absolute atomic E-state index is 6.38. The van der Waals surface area contributed by atoms with Gasteiger partial charge in [0.05, 0.1) is 5.60 Å². The predicted octanol–water partition coefficient (Wildman–Crippen LogP) is 4.28. The zero-order valence-corrected chi connectivity index (χ0v) is 13.0.